The molecule has 1 aromatic carbocycles. The average molecular weight is 217 g/mol. The van der Waals surface area contributed by atoms with Crippen molar-refractivity contribution in [2.24, 2.45) is 0 Å². The molecule has 1 aromatic rings. The Morgan fingerprint density at radius 1 is 1.25 bits per heavy atom. The molecule has 1 heteroatoms. The second kappa shape index (κ2) is 6.37. The summed E-state index contributed by atoms with van der Waals surface area (Å²) in [4.78, 5) is 0. The van der Waals surface area contributed by atoms with Crippen LogP contribution in [0.15, 0.2) is 30.5 Å². The third-order valence-corrected chi connectivity index (χ3v) is 2.73. The Balaban J connectivity index is 2.87. The number of rotatable bonds is 6. The van der Waals surface area contributed by atoms with Crippen molar-refractivity contribution in [1.29, 1.82) is 0 Å². The molecule has 16 heavy (non-hydrogen) atoms. The second-order valence-electron chi connectivity index (χ2n) is 4.34. The van der Waals surface area contributed by atoms with Gasteiger partial charge in [-0.1, -0.05) is 51.5 Å². The molecule has 1 rings (SSSR count). The highest BCUT2D eigenvalue weighted by Gasteiger charge is 2.05. The molecule has 0 heterocycles. The number of aryl methyl sites for hydroxylation is 2. The van der Waals surface area contributed by atoms with Gasteiger partial charge in [0.2, 0.25) is 0 Å². The van der Waals surface area contributed by atoms with Gasteiger partial charge in [-0.25, -0.2) is 0 Å². The van der Waals surface area contributed by atoms with Crippen LogP contribution >= 0.6 is 0 Å². The lowest BCUT2D eigenvalue weighted by Gasteiger charge is -2.16. The van der Waals surface area contributed by atoms with Crippen molar-refractivity contribution in [3.8, 4) is 0 Å². The number of benzene rings is 1. The molecule has 0 saturated heterocycles. The SMILES string of the molecule is C=C(CCC)Nc1c(C)cccc1CCC. The molecular formula is C15H23N. The fraction of sp³-hybridized carbons (Fsp3) is 0.467. The van der Waals surface area contributed by atoms with Crippen LogP contribution in [0, 0.1) is 6.92 Å². The zero-order chi connectivity index (χ0) is 12.0. The first-order valence-corrected chi connectivity index (χ1v) is 6.22. The zero-order valence-corrected chi connectivity index (χ0v) is 10.8. The van der Waals surface area contributed by atoms with Crippen LogP contribution in [0.4, 0.5) is 5.69 Å². The van der Waals surface area contributed by atoms with Gasteiger partial charge in [0.05, 0.1) is 0 Å². The van der Waals surface area contributed by atoms with Gasteiger partial charge >= 0.3 is 0 Å². The van der Waals surface area contributed by atoms with Crippen molar-refractivity contribution < 1.29 is 0 Å². The van der Waals surface area contributed by atoms with Gasteiger partial charge < -0.3 is 5.32 Å². The first kappa shape index (κ1) is 12.8. The smallest absolute Gasteiger partial charge is 0.0443 e. The fourth-order valence-corrected chi connectivity index (χ4v) is 1.93. The summed E-state index contributed by atoms with van der Waals surface area (Å²) in [5.41, 5.74) is 5.10. The maximum Gasteiger partial charge on any atom is 0.0443 e. The maximum absolute atomic E-state index is 4.07. The molecule has 0 unspecified atom stereocenters. The fourth-order valence-electron chi connectivity index (χ4n) is 1.93. The van der Waals surface area contributed by atoms with Crippen LogP contribution < -0.4 is 5.32 Å². The van der Waals surface area contributed by atoms with E-state index in [2.05, 4.69) is 50.9 Å². The van der Waals surface area contributed by atoms with E-state index < -0.39 is 0 Å². The summed E-state index contributed by atoms with van der Waals surface area (Å²) >= 11 is 0. The molecular weight excluding hydrogens is 194 g/mol. The molecule has 0 atom stereocenters. The molecule has 0 aromatic heterocycles. The molecule has 1 nitrogen and oxygen atoms in total. The van der Waals surface area contributed by atoms with E-state index in [0.29, 0.717) is 0 Å². The number of hydrogen-bond acceptors (Lipinski definition) is 1. The number of nitrogens with one attached hydrogen (secondary N) is 1. The number of anilines is 1. The Morgan fingerprint density at radius 3 is 2.62 bits per heavy atom. The van der Waals surface area contributed by atoms with Crippen LogP contribution in [-0.4, -0.2) is 0 Å². The van der Waals surface area contributed by atoms with E-state index >= 15 is 0 Å². The summed E-state index contributed by atoms with van der Waals surface area (Å²) in [7, 11) is 0. The molecule has 0 aliphatic rings. The minimum atomic E-state index is 1.04. The third-order valence-electron chi connectivity index (χ3n) is 2.73. The van der Waals surface area contributed by atoms with Crippen molar-refractivity contribution in [3.05, 3.63) is 41.6 Å². The highest BCUT2D eigenvalue weighted by Crippen LogP contribution is 2.24. The first-order chi connectivity index (χ1) is 7.69. The van der Waals surface area contributed by atoms with Crippen LogP contribution in [0.3, 0.4) is 0 Å². The third kappa shape index (κ3) is 3.41. The van der Waals surface area contributed by atoms with Crippen molar-refractivity contribution in [2.45, 2.75) is 46.5 Å². The Hall–Kier alpha value is -1.24. The molecule has 1 N–H and O–H groups in total. The average Bonchev–Trinajstić information content (AvgIpc) is 2.24. The topological polar surface area (TPSA) is 12.0 Å². The van der Waals surface area contributed by atoms with Gasteiger partial charge in [-0.2, -0.15) is 0 Å². The Bertz CT molecular complexity index is 352. The molecule has 0 bridgehead atoms. The Morgan fingerprint density at radius 2 is 2.00 bits per heavy atom. The van der Waals surface area contributed by atoms with Gasteiger partial charge in [0.25, 0.3) is 0 Å². The molecule has 88 valence electrons. The van der Waals surface area contributed by atoms with Crippen molar-refractivity contribution in [1.82, 2.24) is 0 Å². The second-order valence-corrected chi connectivity index (χ2v) is 4.34. The van der Waals surface area contributed by atoms with Crippen LogP contribution in [0.25, 0.3) is 0 Å². The van der Waals surface area contributed by atoms with Gasteiger partial charge in [-0.3, -0.25) is 0 Å². The molecule has 0 amide bonds. The normalized spacial score (nSPS) is 10.2. The van der Waals surface area contributed by atoms with Gasteiger partial charge in [0.15, 0.2) is 0 Å². The van der Waals surface area contributed by atoms with E-state index in [1.807, 2.05) is 0 Å². The number of hydrogen-bond donors (Lipinski definition) is 1. The standard InChI is InChI=1S/C15H23N/c1-5-8-13(4)16-15-12(3)10-7-11-14(15)9-6-2/h7,10-11,16H,4-6,8-9H2,1-3H3. The lowest BCUT2D eigenvalue weighted by Crippen LogP contribution is -2.03. The summed E-state index contributed by atoms with van der Waals surface area (Å²) in [6, 6.07) is 6.49. The Labute approximate surface area is 99.6 Å². The molecule has 0 aliphatic carbocycles. The van der Waals surface area contributed by atoms with Gasteiger partial charge in [0.1, 0.15) is 0 Å². The van der Waals surface area contributed by atoms with E-state index in [-0.39, 0.29) is 0 Å². The van der Waals surface area contributed by atoms with Crippen molar-refractivity contribution in [2.75, 3.05) is 5.32 Å². The molecule has 0 spiro atoms. The monoisotopic (exact) mass is 217 g/mol. The molecule has 0 saturated carbocycles. The molecule has 0 fully saturated rings. The Kier molecular flexibility index (Phi) is 5.10. The summed E-state index contributed by atoms with van der Waals surface area (Å²) in [6.45, 7) is 10.6. The van der Waals surface area contributed by atoms with Crippen LogP contribution in [0.5, 0.6) is 0 Å². The van der Waals surface area contributed by atoms with E-state index in [9.17, 15) is 0 Å². The summed E-state index contributed by atoms with van der Waals surface area (Å²) in [5.74, 6) is 0. The lowest BCUT2D eigenvalue weighted by molar-refractivity contribution is 0.900. The van der Waals surface area contributed by atoms with Gasteiger partial charge in [-0.05, 0) is 30.9 Å². The van der Waals surface area contributed by atoms with E-state index in [0.717, 1.165) is 25.0 Å². The van der Waals surface area contributed by atoms with Gasteiger partial charge in [-0.15, -0.1) is 0 Å². The number of para-hydroxylation sites is 1. The van der Waals surface area contributed by atoms with Crippen LogP contribution in [0.1, 0.15) is 44.2 Å². The van der Waals surface area contributed by atoms with Crippen LogP contribution in [0.2, 0.25) is 0 Å². The number of allylic oxidation sites excluding steroid dienone is 1. The van der Waals surface area contributed by atoms with E-state index in [1.54, 1.807) is 0 Å². The lowest BCUT2D eigenvalue weighted by atomic mass is 10.0. The zero-order valence-electron chi connectivity index (χ0n) is 10.8. The van der Waals surface area contributed by atoms with Crippen LogP contribution in [-0.2, 0) is 6.42 Å². The van der Waals surface area contributed by atoms with Crippen molar-refractivity contribution in [3.63, 3.8) is 0 Å². The van der Waals surface area contributed by atoms with Gasteiger partial charge in [0, 0.05) is 11.4 Å². The highest BCUT2D eigenvalue weighted by molar-refractivity contribution is 5.60. The maximum atomic E-state index is 4.07. The summed E-state index contributed by atoms with van der Waals surface area (Å²) < 4.78 is 0. The summed E-state index contributed by atoms with van der Waals surface area (Å²) in [6.07, 6.45) is 4.49. The largest absolute Gasteiger partial charge is 0.359 e. The molecule has 0 aliphatic heterocycles. The first-order valence-electron chi connectivity index (χ1n) is 6.22. The highest BCUT2D eigenvalue weighted by atomic mass is 14.9. The predicted octanol–water partition coefficient (Wildman–Crippen LogP) is 4.67. The van der Waals surface area contributed by atoms with Crippen molar-refractivity contribution >= 4 is 5.69 Å². The molecule has 0 radical (unpaired) electrons. The quantitative estimate of drug-likeness (QED) is 0.730. The van der Waals surface area contributed by atoms with E-state index in [1.165, 1.54) is 23.2 Å². The predicted molar refractivity (Wildman–Crippen MR) is 72.8 cm³/mol. The minimum Gasteiger partial charge on any atom is -0.359 e. The minimum absolute atomic E-state index is 1.04. The van der Waals surface area contributed by atoms with E-state index in [4.69, 9.17) is 0 Å². The summed E-state index contributed by atoms with van der Waals surface area (Å²) in [5, 5.41) is 3.47.